The van der Waals surface area contributed by atoms with Gasteiger partial charge < -0.3 is 10.6 Å². The van der Waals surface area contributed by atoms with Gasteiger partial charge in [-0.3, -0.25) is 0 Å². The summed E-state index contributed by atoms with van der Waals surface area (Å²) in [6, 6.07) is 16.6. The third kappa shape index (κ3) is 4.55. The van der Waals surface area contributed by atoms with E-state index in [1.54, 1.807) is 0 Å². The van der Waals surface area contributed by atoms with E-state index >= 15 is 0 Å². The second-order valence-corrected chi connectivity index (χ2v) is 7.01. The molecule has 0 aromatic heterocycles. The van der Waals surface area contributed by atoms with E-state index in [-0.39, 0.29) is 6.04 Å². The fourth-order valence-electron chi connectivity index (χ4n) is 2.41. The van der Waals surface area contributed by atoms with Crippen molar-refractivity contribution in [2.75, 3.05) is 5.32 Å². The van der Waals surface area contributed by atoms with Gasteiger partial charge in [0.15, 0.2) is 5.11 Å². The Hall–Kier alpha value is -1.39. The molecule has 0 aliphatic carbocycles. The lowest BCUT2D eigenvalue weighted by molar-refractivity contribution is 0.471. The highest BCUT2D eigenvalue weighted by molar-refractivity contribution is 9.10. The lowest BCUT2D eigenvalue weighted by atomic mass is 9.93. The maximum absolute atomic E-state index is 5.48. The number of hydrogen-bond donors (Lipinski definition) is 2. The van der Waals surface area contributed by atoms with E-state index in [9.17, 15) is 0 Å². The molecule has 0 bridgehead atoms. The summed E-state index contributed by atoms with van der Waals surface area (Å²) in [5.41, 5.74) is 3.54. The summed E-state index contributed by atoms with van der Waals surface area (Å²) < 4.78 is 1.03. The second-order valence-electron chi connectivity index (χ2n) is 5.69. The summed E-state index contributed by atoms with van der Waals surface area (Å²) in [6.07, 6.45) is 0. The number of thiocarbonyl (C=S) groups is 1. The molecule has 4 heteroatoms. The van der Waals surface area contributed by atoms with Crippen molar-refractivity contribution >= 4 is 38.9 Å². The highest BCUT2D eigenvalue weighted by atomic mass is 79.9. The molecule has 0 aliphatic rings. The molecular weight excluding hydrogens is 356 g/mol. The van der Waals surface area contributed by atoms with Crippen LogP contribution in [0.5, 0.6) is 0 Å². The number of anilines is 1. The summed E-state index contributed by atoms with van der Waals surface area (Å²) in [6.45, 7) is 6.54. The fourth-order valence-corrected chi connectivity index (χ4v) is 3.06. The van der Waals surface area contributed by atoms with Crippen molar-refractivity contribution in [2.24, 2.45) is 5.92 Å². The van der Waals surface area contributed by atoms with Gasteiger partial charge >= 0.3 is 0 Å². The van der Waals surface area contributed by atoms with Crippen LogP contribution in [0.25, 0.3) is 0 Å². The molecule has 0 fully saturated rings. The first kappa shape index (κ1) is 17.0. The predicted octanol–water partition coefficient (Wildman–Crippen LogP) is 5.44. The van der Waals surface area contributed by atoms with Crippen LogP contribution in [0.3, 0.4) is 0 Å². The molecule has 0 saturated carbocycles. The fraction of sp³-hybridized carbons (Fsp3) is 0.278. The van der Waals surface area contributed by atoms with Crippen molar-refractivity contribution in [2.45, 2.75) is 26.8 Å². The van der Waals surface area contributed by atoms with Crippen LogP contribution in [0.1, 0.15) is 31.0 Å². The Labute approximate surface area is 146 Å². The minimum Gasteiger partial charge on any atom is -0.355 e. The summed E-state index contributed by atoms with van der Waals surface area (Å²) in [5, 5.41) is 7.33. The van der Waals surface area contributed by atoms with E-state index < -0.39 is 0 Å². The molecule has 0 heterocycles. The van der Waals surface area contributed by atoms with Crippen molar-refractivity contribution in [1.82, 2.24) is 5.32 Å². The molecule has 0 saturated heterocycles. The third-order valence-electron chi connectivity index (χ3n) is 3.56. The van der Waals surface area contributed by atoms with Crippen molar-refractivity contribution in [1.29, 1.82) is 0 Å². The molecule has 22 heavy (non-hydrogen) atoms. The quantitative estimate of drug-likeness (QED) is 0.694. The minimum atomic E-state index is 0.188. The number of nitrogens with one attached hydrogen (secondary N) is 2. The molecule has 2 aromatic rings. The molecule has 2 nitrogen and oxygen atoms in total. The molecule has 0 radical (unpaired) electrons. The highest BCUT2D eigenvalue weighted by Gasteiger charge is 2.18. The Morgan fingerprint density at radius 1 is 1.09 bits per heavy atom. The van der Waals surface area contributed by atoms with Crippen LogP contribution in [0.2, 0.25) is 0 Å². The lowest BCUT2D eigenvalue weighted by Crippen LogP contribution is -2.35. The standard InChI is InChI=1S/C18H21BrN2S/c1-12(2)17(16-10-5-4-7-13(16)3)21-18(22)20-15-9-6-8-14(19)11-15/h4-12,17H,1-3H3,(H2,20,21,22). The summed E-state index contributed by atoms with van der Waals surface area (Å²) in [7, 11) is 0. The Morgan fingerprint density at radius 2 is 1.82 bits per heavy atom. The van der Waals surface area contributed by atoms with Crippen LogP contribution in [-0.4, -0.2) is 5.11 Å². The minimum absolute atomic E-state index is 0.188. The maximum atomic E-state index is 5.48. The Morgan fingerprint density at radius 3 is 2.45 bits per heavy atom. The zero-order valence-electron chi connectivity index (χ0n) is 13.1. The van der Waals surface area contributed by atoms with E-state index in [4.69, 9.17) is 12.2 Å². The Bertz CT molecular complexity index is 655. The summed E-state index contributed by atoms with van der Waals surface area (Å²) in [4.78, 5) is 0. The topological polar surface area (TPSA) is 24.1 Å². The zero-order chi connectivity index (χ0) is 16.1. The average Bonchev–Trinajstić information content (AvgIpc) is 2.45. The van der Waals surface area contributed by atoms with Gasteiger partial charge in [0, 0.05) is 10.2 Å². The molecule has 116 valence electrons. The van der Waals surface area contributed by atoms with E-state index in [0.717, 1.165) is 10.2 Å². The first-order valence-electron chi connectivity index (χ1n) is 7.36. The van der Waals surface area contributed by atoms with Crippen LogP contribution >= 0.6 is 28.1 Å². The second kappa shape index (κ2) is 7.75. The van der Waals surface area contributed by atoms with Crippen LogP contribution in [0.15, 0.2) is 53.0 Å². The predicted molar refractivity (Wildman–Crippen MR) is 102 cm³/mol. The monoisotopic (exact) mass is 376 g/mol. The van der Waals surface area contributed by atoms with Gasteiger partial charge in [-0.25, -0.2) is 0 Å². The molecule has 0 spiro atoms. The van der Waals surface area contributed by atoms with Gasteiger partial charge in [0.25, 0.3) is 0 Å². The van der Waals surface area contributed by atoms with Gasteiger partial charge in [0.1, 0.15) is 0 Å². The highest BCUT2D eigenvalue weighted by Crippen LogP contribution is 2.25. The van der Waals surface area contributed by atoms with Crippen molar-refractivity contribution in [3.8, 4) is 0 Å². The molecule has 2 N–H and O–H groups in total. The first-order chi connectivity index (χ1) is 10.5. The molecule has 2 aromatic carbocycles. The largest absolute Gasteiger partial charge is 0.355 e. The van der Waals surface area contributed by atoms with Crippen LogP contribution in [0.4, 0.5) is 5.69 Å². The number of rotatable bonds is 4. The van der Waals surface area contributed by atoms with Crippen molar-refractivity contribution in [3.05, 3.63) is 64.1 Å². The molecule has 0 aliphatic heterocycles. The van der Waals surface area contributed by atoms with Crippen LogP contribution in [0, 0.1) is 12.8 Å². The van der Waals surface area contributed by atoms with Crippen LogP contribution < -0.4 is 10.6 Å². The number of halogens is 1. The lowest BCUT2D eigenvalue weighted by Gasteiger charge is -2.26. The summed E-state index contributed by atoms with van der Waals surface area (Å²) >= 11 is 8.95. The van der Waals surface area contributed by atoms with Crippen molar-refractivity contribution in [3.63, 3.8) is 0 Å². The van der Waals surface area contributed by atoms with Gasteiger partial charge in [-0.05, 0) is 54.4 Å². The van der Waals surface area contributed by atoms with E-state index in [0.29, 0.717) is 11.0 Å². The normalized spacial score (nSPS) is 12.0. The van der Waals surface area contributed by atoms with E-state index in [1.165, 1.54) is 11.1 Å². The molecular formula is C18H21BrN2S. The van der Waals surface area contributed by atoms with Gasteiger partial charge in [-0.15, -0.1) is 0 Å². The average molecular weight is 377 g/mol. The smallest absolute Gasteiger partial charge is 0.171 e. The Balaban J connectivity index is 2.11. The van der Waals surface area contributed by atoms with Gasteiger partial charge in [0.2, 0.25) is 0 Å². The number of benzene rings is 2. The molecule has 1 atom stereocenters. The zero-order valence-corrected chi connectivity index (χ0v) is 15.5. The Kier molecular flexibility index (Phi) is 5.98. The summed E-state index contributed by atoms with van der Waals surface area (Å²) in [5.74, 6) is 0.434. The molecule has 1 unspecified atom stereocenters. The SMILES string of the molecule is Cc1ccccc1C(NC(=S)Nc1cccc(Br)c1)C(C)C. The van der Waals surface area contributed by atoms with Gasteiger partial charge in [0.05, 0.1) is 6.04 Å². The maximum Gasteiger partial charge on any atom is 0.171 e. The number of aryl methyl sites for hydroxylation is 1. The van der Waals surface area contributed by atoms with Gasteiger partial charge in [-0.1, -0.05) is 60.1 Å². The van der Waals surface area contributed by atoms with Crippen LogP contribution in [-0.2, 0) is 0 Å². The van der Waals surface area contributed by atoms with Crippen molar-refractivity contribution < 1.29 is 0 Å². The third-order valence-corrected chi connectivity index (χ3v) is 4.27. The first-order valence-corrected chi connectivity index (χ1v) is 8.56. The number of hydrogen-bond acceptors (Lipinski definition) is 1. The molecule has 0 amide bonds. The molecule has 2 rings (SSSR count). The van der Waals surface area contributed by atoms with Gasteiger partial charge in [-0.2, -0.15) is 0 Å². The van der Waals surface area contributed by atoms with E-state index in [1.807, 2.05) is 24.3 Å². The van der Waals surface area contributed by atoms with E-state index in [2.05, 4.69) is 71.6 Å².